The van der Waals surface area contributed by atoms with Crippen molar-refractivity contribution in [1.29, 1.82) is 0 Å². The van der Waals surface area contributed by atoms with Gasteiger partial charge in [0, 0.05) is 24.0 Å². The minimum Gasteiger partial charge on any atom is -0.300 e. The van der Waals surface area contributed by atoms with Gasteiger partial charge in [-0.3, -0.25) is 0 Å². The lowest BCUT2D eigenvalue weighted by Gasteiger charge is -1.98. The van der Waals surface area contributed by atoms with E-state index in [1.54, 1.807) is 0 Å². The summed E-state index contributed by atoms with van der Waals surface area (Å²) >= 11 is 0. The van der Waals surface area contributed by atoms with E-state index in [0.29, 0.717) is 0 Å². The SMILES string of the molecule is c1cc2cn3[nH]ccc3nc-2c1. The number of hydrogen-bond donors (Lipinski definition) is 1. The average Bonchev–Trinajstić information content (AvgIpc) is 2.64. The second-order valence-electron chi connectivity index (χ2n) is 2.80. The van der Waals surface area contributed by atoms with E-state index in [1.807, 2.05) is 35.1 Å². The maximum atomic E-state index is 4.43. The molecule has 0 radical (unpaired) electrons. The van der Waals surface area contributed by atoms with Gasteiger partial charge in [-0.15, -0.1) is 0 Å². The topological polar surface area (TPSA) is 33.1 Å². The number of aromatic amines is 1. The van der Waals surface area contributed by atoms with Gasteiger partial charge in [-0.25, -0.2) is 9.50 Å². The van der Waals surface area contributed by atoms with E-state index in [-0.39, 0.29) is 0 Å². The molecule has 0 bridgehead atoms. The fourth-order valence-electron chi connectivity index (χ4n) is 1.43. The molecule has 0 unspecified atom stereocenters. The van der Waals surface area contributed by atoms with Crippen molar-refractivity contribution < 1.29 is 0 Å². The van der Waals surface area contributed by atoms with Gasteiger partial charge >= 0.3 is 0 Å². The molecule has 0 atom stereocenters. The molecule has 3 heteroatoms. The van der Waals surface area contributed by atoms with Crippen molar-refractivity contribution in [3.05, 3.63) is 36.7 Å². The average molecular weight is 157 g/mol. The van der Waals surface area contributed by atoms with E-state index in [1.165, 1.54) is 0 Å². The van der Waals surface area contributed by atoms with Crippen LogP contribution in [0, 0.1) is 0 Å². The van der Waals surface area contributed by atoms with Crippen molar-refractivity contribution in [3.63, 3.8) is 0 Å². The van der Waals surface area contributed by atoms with E-state index < -0.39 is 0 Å². The van der Waals surface area contributed by atoms with Crippen LogP contribution in [0.15, 0.2) is 36.7 Å². The number of nitrogens with zero attached hydrogens (tertiary/aromatic N) is 2. The van der Waals surface area contributed by atoms with E-state index in [0.717, 1.165) is 16.9 Å². The third-order valence-corrected chi connectivity index (χ3v) is 2.02. The molecule has 1 aromatic rings. The molecule has 0 saturated heterocycles. The summed E-state index contributed by atoms with van der Waals surface area (Å²) < 4.78 is 1.91. The molecule has 0 amide bonds. The summed E-state index contributed by atoms with van der Waals surface area (Å²) in [7, 11) is 0. The van der Waals surface area contributed by atoms with Crippen LogP contribution in [-0.4, -0.2) is 14.6 Å². The molecule has 0 spiro atoms. The summed E-state index contributed by atoms with van der Waals surface area (Å²) in [6.07, 6.45) is 3.92. The summed E-state index contributed by atoms with van der Waals surface area (Å²) in [5.74, 6) is 0. The first kappa shape index (κ1) is 5.83. The van der Waals surface area contributed by atoms with Crippen molar-refractivity contribution in [3.8, 4) is 11.3 Å². The Morgan fingerprint density at radius 2 is 2.25 bits per heavy atom. The van der Waals surface area contributed by atoms with Gasteiger partial charge in [0.05, 0.1) is 5.69 Å². The molecule has 1 aromatic heterocycles. The molecule has 0 saturated carbocycles. The number of fused-ring (bicyclic) bond motifs is 2. The molecule has 12 heavy (non-hydrogen) atoms. The zero-order valence-corrected chi connectivity index (χ0v) is 6.36. The van der Waals surface area contributed by atoms with E-state index in [4.69, 9.17) is 0 Å². The Bertz CT molecular complexity index is 449. The van der Waals surface area contributed by atoms with Gasteiger partial charge in [0.15, 0.2) is 5.65 Å². The quantitative estimate of drug-likeness (QED) is 0.530. The smallest absolute Gasteiger partial charge is 0.153 e. The Morgan fingerprint density at radius 3 is 3.25 bits per heavy atom. The fraction of sp³-hybridized carbons (Fsp3) is 0. The lowest BCUT2D eigenvalue weighted by atomic mass is 10.3. The van der Waals surface area contributed by atoms with Crippen molar-refractivity contribution in [1.82, 2.24) is 14.6 Å². The zero-order chi connectivity index (χ0) is 7.97. The summed E-state index contributed by atoms with van der Waals surface area (Å²) in [6.45, 7) is 0. The standard InChI is InChI=1S/C9H7N3/c1-2-7-6-12-9(4-5-10-12)11-8(7)3-1/h1-6,10H. The third-order valence-electron chi connectivity index (χ3n) is 2.02. The molecule has 3 rings (SSSR count). The highest BCUT2D eigenvalue weighted by molar-refractivity contribution is 5.64. The van der Waals surface area contributed by atoms with Crippen molar-refractivity contribution in [2.24, 2.45) is 0 Å². The van der Waals surface area contributed by atoms with Crippen molar-refractivity contribution >= 4 is 5.65 Å². The molecular weight excluding hydrogens is 150 g/mol. The first-order chi connectivity index (χ1) is 5.93. The summed E-state index contributed by atoms with van der Waals surface area (Å²) in [6, 6.07) is 8.03. The van der Waals surface area contributed by atoms with Crippen LogP contribution in [0.5, 0.6) is 0 Å². The predicted octanol–water partition coefficient (Wildman–Crippen LogP) is 1.77. The highest BCUT2D eigenvalue weighted by Gasteiger charge is 2.04. The monoisotopic (exact) mass is 157 g/mol. The Labute approximate surface area is 69.0 Å². The van der Waals surface area contributed by atoms with E-state index in [9.17, 15) is 0 Å². The molecule has 2 heterocycles. The molecule has 0 aromatic carbocycles. The molecule has 2 aliphatic rings. The Morgan fingerprint density at radius 1 is 1.25 bits per heavy atom. The van der Waals surface area contributed by atoms with E-state index >= 15 is 0 Å². The van der Waals surface area contributed by atoms with Gasteiger partial charge in [-0.2, -0.15) is 0 Å². The lowest BCUT2D eigenvalue weighted by molar-refractivity contribution is 0.942. The van der Waals surface area contributed by atoms with Gasteiger partial charge in [0.2, 0.25) is 0 Å². The molecule has 3 nitrogen and oxygen atoms in total. The van der Waals surface area contributed by atoms with Crippen LogP contribution in [-0.2, 0) is 0 Å². The maximum absolute atomic E-state index is 4.43. The number of H-pyrrole nitrogens is 1. The van der Waals surface area contributed by atoms with Gasteiger partial charge in [-0.05, 0) is 6.07 Å². The van der Waals surface area contributed by atoms with Crippen LogP contribution in [0.4, 0.5) is 0 Å². The van der Waals surface area contributed by atoms with Gasteiger partial charge in [0.25, 0.3) is 0 Å². The fourth-order valence-corrected chi connectivity index (χ4v) is 1.43. The highest BCUT2D eigenvalue weighted by atomic mass is 15.2. The molecule has 1 aliphatic heterocycles. The highest BCUT2D eigenvalue weighted by Crippen LogP contribution is 2.20. The van der Waals surface area contributed by atoms with Crippen LogP contribution >= 0.6 is 0 Å². The van der Waals surface area contributed by atoms with Gasteiger partial charge < -0.3 is 5.10 Å². The van der Waals surface area contributed by atoms with Crippen LogP contribution in [0.1, 0.15) is 0 Å². The Hall–Kier alpha value is -1.77. The van der Waals surface area contributed by atoms with Crippen LogP contribution < -0.4 is 0 Å². The zero-order valence-electron chi connectivity index (χ0n) is 6.36. The second kappa shape index (κ2) is 1.88. The number of rotatable bonds is 0. The third kappa shape index (κ3) is 0.625. The Balaban J connectivity index is 2.56. The molecule has 0 fully saturated rings. The first-order valence-electron chi connectivity index (χ1n) is 3.85. The van der Waals surface area contributed by atoms with Gasteiger partial charge in [0.1, 0.15) is 0 Å². The van der Waals surface area contributed by atoms with Crippen LogP contribution in [0.25, 0.3) is 16.9 Å². The molecule has 58 valence electrons. The summed E-state index contributed by atoms with van der Waals surface area (Å²) in [5.41, 5.74) is 3.17. The van der Waals surface area contributed by atoms with Crippen molar-refractivity contribution in [2.75, 3.05) is 0 Å². The minimum absolute atomic E-state index is 0.953. The summed E-state index contributed by atoms with van der Waals surface area (Å²) in [4.78, 5) is 4.43. The molecule has 1 aliphatic carbocycles. The predicted molar refractivity (Wildman–Crippen MR) is 46.2 cm³/mol. The lowest BCUT2D eigenvalue weighted by Crippen LogP contribution is -1.91. The van der Waals surface area contributed by atoms with Gasteiger partial charge in [-0.1, -0.05) is 12.1 Å². The van der Waals surface area contributed by atoms with Crippen LogP contribution in [0.3, 0.4) is 0 Å². The normalized spacial score (nSPS) is 11.3. The largest absolute Gasteiger partial charge is 0.300 e. The molecule has 1 N–H and O–H groups in total. The number of hydrogen-bond acceptors (Lipinski definition) is 1. The number of aromatic nitrogens is 3. The van der Waals surface area contributed by atoms with Crippen LogP contribution in [0.2, 0.25) is 0 Å². The minimum atomic E-state index is 0.953. The van der Waals surface area contributed by atoms with E-state index in [2.05, 4.69) is 16.1 Å². The summed E-state index contributed by atoms with van der Waals surface area (Å²) in [5, 5.41) is 3.06. The Kier molecular flexibility index (Phi) is 0.913. The number of nitrogens with one attached hydrogen (secondary N) is 1. The molecular formula is C9H7N3. The van der Waals surface area contributed by atoms with Crippen molar-refractivity contribution in [2.45, 2.75) is 0 Å². The maximum Gasteiger partial charge on any atom is 0.153 e. The first-order valence-corrected chi connectivity index (χ1v) is 3.85. The second-order valence-corrected chi connectivity index (χ2v) is 2.80.